The van der Waals surface area contributed by atoms with E-state index in [0.717, 1.165) is 28.3 Å². The summed E-state index contributed by atoms with van der Waals surface area (Å²) in [6.45, 7) is 3.97. The zero-order valence-corrected chi connectivity index (χ0v) is 11.4. The van der Waals surface area contributed by atoms with Crippen molar-refractivity contribution in [3.8, 4) is 22.6 Å². The third-order valence-corrected chi connectivity index (χ3v) is 3.06. The Morgan fingerprint density at radius 1 is 0.650 bits per heavy atom. The molecule has 0 aliphatic carbocycles. The first kappa shape index (κ1) is 12.4. The Hall–Kier alpha value is -2.62. The summed E-state index contributed by atoms with van der Waals surface area (Å²) >= 11 is 0. The van der Waals surface area contributed by atoms with Crippen LogP contribution in [0, 0.1) is 13.8 Å². The predicted molar refractivity (Wildman–Crippen MR) is 78.0 cm³/mol. The van der Waals surface area contributed by atoms with E-state index in [0.29, 0.717) is 0 Å². The molecular weight excluding hydrogens is 248 g/mol. The average molecular weight is 262 g/mol. The number of benzene rings is 1. The van der Waals surface area contributed by atoms with E-state index in [1.165, 1.54) is 5.56 Å². The van der Waals surface area contributed by atoms with Crippen molar-refractivity contribution in [2.45, 2.75) is 13.8 Å². The standard InChI is InChI=1S/C16H14N4/c1-11-3-5-13(6-4-11)14-7-8-15(20-19-14)16-10-17-12(2)9-18-16/h3-10H,1-2H3. The third kappa shape index (κ3) is 2.54. The van der Waals surface area contributed by atoms with Crippen molar-refractivity contribution in [2.75, 3.05) is 0 Å². The third-order valence-electron chi connectivity index (χ3n) is 3.06. The zero-order valence-electron chi connectivity index (χ0n) is 11.4. The molecule has 3 rings (SSSR count). The molecule has 0 fully saturated rings. The van der Waals surface area contributed by atoms with Crippen LogP contribution in [0.2, 0.25) is 0 Å². The van der Waals surface area contributed by atoms with Crippen LogP contribution in [0.4, 0.5) is 0 Å². The van der Waals surface area contributed by atoms with Crippen molar-refractivity contribution in [2.24, 2.45) is 0 Å². The molecule has 3 aromatic rings. The van der Waals surface area contributed by atoms with Crippen LogP contribution in [0.5, 0.6) is 0 Å². The lowest BCUT2D eigenvalue weighted by Crippen LogP contribution is -1.94. The Morgan fingerprint density at radius 2 is 1.35 bits per heavy atom. The molecule has 0 saturated heterocycles. The maximum atomic E-state index is 4.30. The second kappa shape index (κ2) is 5.17. The minimum absolute atomic E-state index is 0.730. The Bertz CT molecular complexity index is 636. The highest BCUT2D eigenvalue weighted by atomic mass is 15.1. The molecule has 4 heteroatoms. The van der Waals surface area contributed by atoms with E-state index in [9.17, 15) is 0 Å². The molecule has 0 N–H and O–H groups in total. The lowest BCUT2D eigenvalue weighted by atomic mass is 10.1. The van der Waals surface area contributed by atoms with Crippen LogP contribution in [0.1, 0.15) is 11.3 Å². The Kier molecular flexibility index (Phi) is 3.21. The maximum absolute atomic E-state index is 4.30. The van der Waals surface area contributed by atoms with Gasteiger partial charge in [0.2, 0.25) is 0 Å². The van der Waals surface area contributed by atoms with Crippen LogP contribution in [0.15, 0.2) is 48.8 Å². The number of aryl methyl sites for hydroxylation is 2. The molecule has 0 bridgehead atoms. The second-order valence-corrected chi connectivity index (χ2v) is 4.71. The fourth-order valence-electron chi connectivity index (χ4n) is 1.87. The first-order chi connectivity index (χ1) is 9.72. The quantitative estimate of drug-likeness (QED) is 0.711. The second-order valence-electron chi connectivity index (χ2n) is 4.71. The summed E-state index contributed by atoms with van der Waals surface area (Å²) in [5.74, 6) is 0. The maximum Gasteiger partial charge on any atom is 0.113 e. The number of rotatable bonds is 2. The van der Waals surface area contributed by atoms with Crippen LogP contribution in [0.25, 0.3) is 22.6 Å². The molecule has 2 aromatic heterocycles. The molecule has 0 atom stereocenters. The number of nitrogens with zero attached hydrogens (tertiary/aromatic N) is 4. The monoisotopic (exact) mass is 262 g/mol. The van der Waals surface area contributed by atoms with Gasteiger partial charge in [0, 0.05) is 11.8 Å². The van der Waals surface area contributed by atoms with Crippen molar-refractivity contribution >= 4 is 0 Å². The molecule has 1 aromatic carbocycles. The van der Waals surface area contributed by atoms with Gasteiger partial charge in [0.1, 0.15) is 11.4 Å². The summed E-state index contributed by atoms with van der Waals surface area (Å²) in [6, 6.07) is 12.1. The molecule has 0 spiro atoms. The normalized spacial score (nSPS) is 10.5. The molecular formula is C16H14N4. The van der Waals surface area contributed by atoms with Gasteiger partial charge in [-0.25, -0.2) is 0 Å². The van der Waals surface area contributed by atoms with Crippen molar-refractivity contribution in [3.05, 3.63) is 60.0 Å². The van der Waals surface area contributed by atoms with Crippen molar-refractivity contribution in [1.29, 1.82) is 0 Å². The fraction of sp³-hybridized carbons (Fsp3) is 0.125. The fourth-order valence-corrected chi connectivity index (χ4v) is 1.87. The van der Waals surface area contributed by atoms with E-state index in [1.54, 1.807) is 12.4 Å². The molecule has 0 unspecified atom stereocenters. The smallest absolute Gasteiger partial charge is 0.113 e. The Balaban J connectivity index is 1.91. The zero-order chi connectivity index (χ0) is 13.9. The summed E-state index contributed by atoms with van der Waals surface area (Å²) in [5.41, 5.74) is 5.50. The molecule has 2 heterocycles. The SMILES string of the molecule is Cc1ccc(-c2ccc(-c3cnc(C)cn3)nn2)cc1. The minimum Gasteiger partial charge on any atom is -0.258 e. The van der Waals surface area contributed by atoms with Gasteiger partial charge in [-0.15, -0.1) is 10.2 Å². The highest BCUT2D eigenvalue weighted by molar-refractivity contribution is 5.61. The average Bonchev–Trinajstić information content (AvgIpc) is 2.49. The number of hydrogen-bond donors (Lipinski definition) is 0. The van der Waals surface area contributed by atoms with Gasteiger partial charge in [-0.3, -0.25) is 9.97 Å². The Morgan fingerprint density at radius 3 is 1.95 bits per heavy atom. The van der Waals surface area contributed by atoms with Crippen LogP contribution >= 0.6 is 0 Å². The van der Waals surface area contributed by atoms with Crippen LogP contribution in [-0.2, 0) is 0 Å². The van der Waals surface area contributed by atoms with Gasteiger partial charge in [-0.05, 0) is 26.0 Å². The van der Waals surface area contributed by atoms with Crippen molar-refractivity contribution in [3.63, 3.8) is 0 Å². The van der Waals surface area contributed by atoms with Gasteiger partial charge in [0.05, 0.1) is 17.6 Å². The van der Waals surface area contributed by atoms with E-state index in [4.69, 9.17) is 0 Å². The van der Waals surface area contributed by atoms with E-state index in [-0.39, 0.29) is 0 Å². The van der Waals surface area contributed by atoms with E-state index in [2.05, 4.69) is 39.2 Å². The molecule has 98 valence electrons. The van der Waals surface area contributed by atoms with Crippen molar-refractivity contribution in [1.82, 2.24) is 20.2 Å². The first-order valence-electron chi connectivity index (χ1n) is 6.42. The Labute approximate surface area is 117 Å². The molecule has 0 amide bonds. The van der Waals surface area contributed by atoms with Gasteiger partial charge < -0.3 is 0 Å². The van der Waals surface area contributed by atoms with Gasteiger partial charge in [0.25, 0.3) is 0 Å². The van der Waals surface area contributed by atoms with Crippen LogP contribution in [-0.4, -0.2) is 20.2 Å². The molecule has 4 nitrogen and oxygen atoms in total. The molecule has 0 radical (unpaired) electrons. The first-order valence-corrected chi connectivity index (χ1v) is 6.42. The van der Waals surface area contributed by atoms with Crippen LogP contribution < -0.4 is 0 Å². The van der Waals surface area contributed by atoms with Gasteiger partial charge in [-0.1, -0.05) is 29.8 Å². The summed E-state index contributed by atoms with van der Waals surface area (Å²) in [5, 5.41) is 8.48. The summed E-state index contributed by atoms with van der Waals surface area (Å²) in [7, 11) is 0. The van der Waals surface area contributed by atoms with Gasteiger partial charge >= 0.3 is 0 Å². The molecule has 0 saturated carbocycles. The largest absolute Gasteiger partial charge is 0.258 e. The topological polar surface area (TPSA) is 51.6 Å². The predicted octanol–water partition coefficient (Wildman–Crippen LogP) is 3.22. The van der Waals surface area contributed by atoms with Gasteiger partial charge in [-0.2, -0.15) is 0 Å². The van der Waals surface area contributed by atoms with Gasteiger partial charge in [0.15, 0.2) is 0 Å². The van der Waals surface area contributed by atoms with E-state index >= 15 is 0 Å². The summed E-state index contributed by atoms with van der Waals surface area (Å²) in [4.78, 5) is 8.51. The highest BCUT2D eigenvalue weighted by Gasteiger charge is 2.04. The molecule has 0 aliphatic heterocycles. The van der Waals surface area contributed by atoms with Crippen molar-refractivity contribution < 1.29 is 0 Å². The van der Waals surface area contributed by atoms with Crippen LogP contribution in [0.3, 0.4) is 0 Å². The summed E-state index contributed by atoms with van der Waals surface area (Å²) < 4.78 is 0. The molecule has 0 aliphatic rings. The summed E-state index contributed by atoms with van der Waals surface area (Å²) in [6.07, 6.45) is 3.44. The number of aromatic nitrogens is 4. The minimum atomic E-state index is 0.730. The lowest BCUT2D eigenvalue weighted by Gasteiger charge is -2.03. The highest BCUT2D eigenvalue weighted by Crippen LogP contribution is 2.19. The lowest BCUT2D eigenvalue weighted by molar-refractivity contribution is 1.02. The number of hydrogen-bond acceptors (Lipinski definition) is 4. The van der Waals surface area contributed by atoms with E-state index in [1.807, 2.05) is 31.2 Å². The van der Waals surface area contributed by atoms with E-state index < -0.39 is 0 Å². The molecule has 20 heavy (non-hydrogen) atoms.